The first-order valence-electron chi connectivity index (χ1n) is 12.4. The molecule has 0 fully saturated rings. The highest BCUT2D eigenvalue weighted by atomic mass is 16.4. The van der Waals surface area contributed by atoms with E-state index in [2.05, 4.69) is 12.2 Å². The summed E-state index contributed by atoms with van der Waals surface area (Å²) in [4.78, 5) is 26.2. The Morgan fingerprint density at radius 3 is 1.94 bits per heavy atom. The number of urea groups is 1. The van der Waals surface area contributed by atoms with Crippen LogP contribution in [0.4, 0.5) is 10.5 Å². The molecule has 0 spiro atoms. The zero-order chi connectivity index (χ0) is 23.8. The topological polar surface area (TPSA) is 69.6 Å². The van der Waals surface area contributed by atoms with Crippen LogP contribution in [-0.4, -0.2) is 61.9 Å². The van der Waals surface area contributed by atoms with Crippen LogP contribution < -0.4 is 10.2 Å². The van der Waals surface area contributed by atoms with Gasteiger partial charge in [0, 0.05) is 12.2 Å². The van der Waals surface area contributed by atoms with Crippen LogP contribution in [0, 0.1) is 0 Å². The number of likely N-dealkylation sites (N-methyl/N-ethyl adjacent to an activating group) is 1. The first-order chi connectivity index (χ1) is 15.2. The molecule has 32 heavy (non-hydrogen) atoms. The second kappa shape index (κ2) is 15.7. The summed E-state index contributed by atoms with van der Waals surface area (Å²) in [5.74, 6) is -0.898. The lowest BCUT2D eigenvalue weighted by Crippen LogP contribution is -2.53. The smallest absolute Gasteiger partial charge is 0.322 e. The zero-order valence-electron chi connectivity index (χ0n) is 20.8. The van der Waals surface area contributed by atoms with Crippen molar-refractivity contribution in [3.63, 3.8) is 0 Å². The molecule has 0 saturated carbocycles. The summed E-state index contributed by atoms with van der Waals surface area (Å²) in [6.45, 7) is 3.44. The molecule has 182 valence electrons. The predicted molar refractivity (Wildman–Crippen MR) is 133 cm³/mol. The maximum absolute atomic E-state index is 13.1. The summed E-state index contributed by atoms with van der Waals surface area (Å²) in [5.41, 5.74) is 0.847. The van der Waals surface area contributed by atoms with E-state index in [-0.39, 0.29) is 12.5 Å². The van der Waals surface area contributed by atoms with E-state index < -0.39 is 12.0 Å². The molecule has 0 aliphatic heterocycles. The number of carboxylic acid groups (broad SMARTS) is 1. The minimum atomic E-state index is -0.898. The van der Waals surface area contributed by atoms with Gasteiger partial charge < -0.3 is 14.9 Å². The number of aliphatic carboxylic acids is 1. The Bertz CT molecular complexity index is 643. The number of para-hydroxylation sites is 1. The monoisotopic (exact) mass is 448 g/mol. The quantitative estimate of drug-likeness (QED) is 0.238. The molecule has 1 aromatic rings. The van der Waals surface area contributed by atoms with E-state index in [0.717, 1.165) is 18.5 Å². The Balaban J connectivity index is 2.57. The lowest BCUT2D eigenvalue weighted by molar-refractivity contribution is -0.871. The van der Waals surface area contributed by atoms with Crippen LogP contribution in [0.25, 0.3) is 0 Å². The Hall–Kier alpha value is -2.08. The molecule has 1 atom stereocenters. The number of quaternary nitrogens is 1. The van der Waals surface area contributed by atoms with Crippen molar-refractivity contribution in [2.45, 2.75) is 83.6 Å². The molecular formula is C26H46N3O3+. The van der Waals surface area contributed by atoms with Gasteiger partial charge in [-0.1, -0.05) is 82.9 Å². The van der Waals surface area contributed by atoms with Gasteiger partial charge in [-0.25, -0.2) is 4.79 Å². The van der Waals surface area contributed by atoms with Crippen LogP contribution in [0.2, 0.25) is 0 Å². The van der Waals surface area contributed by atoms with Crippen LogP contribution >= 0.6 is 0 Å². The largest absolute Gasteiger partial charge is 0.481 e. The number of hydrogen-bond acceptors (Lipinski definition) is 2. The molecule has 1 rings (SSSR count). The number of unbranched alkanes of at least 4 members (excludes halogenated alkanes) is 9. The highest BCUT2D eigenvalue weighted by molar-refractivity contribution is 5.92. The summed E-state index contributed by atoms with van der Waals surface area (Å²) in [7, 11) is 6.00. The van der Waals surface area contributed by atoms with E-state index in [1.165, 1.54) is 51.4 Å². The average Bonchev–Trinajstić information content (AvgIpc) is 2.71. The van der Waals surface area contributed by atoms with E-state index in [0.29, 0.717) is 17.6 Å². The second-order valence-electron chi connectivity index (χ2n) is 9.89. The van der Waals surface area contributed by atoms with E-state index in [1.807, 2.05) is 51.5 Å². The summed E-state index contributed by atoms with van der Waals surface area (Å²) in [6.07, 6.45) is 12.4. The molecule has 0 heterocycles. The van der Waals surface area contributed by atoms with E-state index >= 15 is 0 Å². The number of carbonyl (C=O) groups is 2. The summed E-state index contributed by atoms with van der Waals surface area (Å²) >= 11 is 0. The van der Waals surface area contributed by atoms with Crippen molar-refractivity contribution >= 4 is 17.7 Å². The van der Waals surface area contributed by atoms with E-state index in [1.54, 1.807) is 4.90 Å². The summed E-state index contributed by atoms with van der Waals surface area (Å²) in [6, 6.07) is 9.02. The van der Waals surface area contributed by atoms with E-state index in [4.69, 9.17) is 0 Å². The normalized spacial score (nSPS) is 12.4. The summed E-state index contributed by atoms with van der Waals surface area (Å²) in [5, 5.41) is 12.3. The molecule has 0 aliphatic carbocycles. The van der Waals surface area contributed by atoms with Crippen molar-refractivity contribution in [3.8, 4) is 0 Å². The van der Waals surface area contributed by atoms with Crippen molar-refractivity contribution in [1.82, 2.24) is 5.32 Å². The Morgan fingerprint density at radius 2 is 1.44 bits per heavy atom. The molecule has 0 radical (unpaired) electrons. The van der Waals surface area contributed by atoms with Crippen molar-refractivity contribution in [3.05, 3.63) is 30.3 Å². The van der Waals surface area contributed by atoms with Gasteiger partial charge in [0.1, 0.15) is 0 Å². The molecule has 0 bridgehead atoms. The maximum Gasteiger partial charge on any atom is 0.322 e. The third kappa shape index (κ3) is 13.4. The summed E-state index contributed by atoms with van der Waals surface area (Å²) < 4.78 is 0.585. The molecule has 0 aliphatic rings. The third-order valence-corrected chi connectivity index (χ3v) is 5.57. The molecule has 6 heteroatoms. The minimum Gasteiger partial charge on any atom is -0.481 e. The molecule has 0 saturated heterocycles. The van der Waals surface area contributed by atoms with Gasteiger partial charge in [-0.05, 0) is 18.6 Å². The first kappa shape index (κ1) is 28.0. The van der Waals surface area contributed by atoms with Gasteiger partial charge in [0.2, 0.25) is 0 Å². The number of hydrogen-bond donors (Lipinski definition) is 2. The Labute approximate surface area is 195 Å². The number of carbonyl (C=O) groups excluding carboxylic acids is 1. The van der Waals surface area contributed by atoms with Crippen molar-refractivity contribution in [2.75, 3.05) is 39.1 Å². The SMILES string of the molecule is CCCCCCCCCCCCN(C(=O)NC(CC(=O)O)C[N+](C)(C)C)c1ccccc1. The molecular weight excluding hydrogens is 402 g/mol. The minimum absolute atomic E-state index is 0.0812. The van der Waals surface area contributed by atoms with Gasteiger partial charge in [-0.2, -0.15) is 0 Å². The fourth-order valence-corrected chi connectivity index (χ4v) is 4.00. The fourth-order valence-electron chi connectivity index (χ4n) is 4.00. The van der Waals surface area contributed by atoms with Crippen LogP contribution in [-0.2, 0) is 4.79 Å². The number of anilines is 1. The number of nitrogens with zero attached hydrogens (tertiary/aromatic N) is 2. The number of rotatable bonds is 17. The standard InChI is InChI=1S/C26H45N3O3/c1-5-6-7-8-9-10-11-12-13-17-20-28(24-18-15-14-16-19-24)26(32)27-23(21-25(30)31)22-29(2,3)4/h14-16,18-19,23H,5-13,17,20-22H2,1-4H3,(H-,27,30,31,32)/p+1. The van der Waals surface area contributed by atoms with Gasteiger partial charge in [-0.3, -0.25) is 9.69 Å². The van der Waals surface area contributed by atoms with E-state index in [9.17, 15) is 14.7 Å². The number of benzene rings is 1. The van der Waals surface area contributed by atoms with Crippen molar-refractivity contribution in [1.29, 1.82) is 0 Å². The number of nitrogens with one attached hydrogen (secondary N) is 1. The van der Waals surface area contributed by atoms with Crippen molar-refractivity contribution in [2.24, 2.45) is 0 Å². The molecule has 0 aromatic heterocycles. The van der Waals surface area contributed by atoms with Crippen LogP contribution in [0.3, 0.4) is 0 Å². The zero-order valence-corrected chi connectivity index (χ0v) is 20.8. The lowest BCUT2D eigenvalue weighted by atomic mass is 10.1. The molecule has 2 amide bonds. The van der Waals surface area contributed by atoms with Gasteiger partial charge in [0.05, 0.1) is 40.2 Å². The van der Waals surface area contributed by atoms with Gasteiger partial charge in [0.25, 0.3) is 0 Å². The predicted octanol–water partition coefficient (Wildman–Crippen LogP) is 5.67. The second-order valence-corrected chi connectivity index (χ2v) is 9.89. The maximum atomic E-state index is 13.1. The Morgan fingerprint density at radius 1 is 0.906 bits per heavy atom. The molecule has 2 N–H and O–H groups in total. The molecule has 6 nitrogen and oxygen atoms in total. The average molecular weight is 449 g/mol. The molecule has 1 unspecified atom stereocenters. The van der Waals surface area contributed by atoms with Crippen LogP contribution in [0.1, 0.15) is 77.6 Å². The number of amides is 2. The third-order valence-electron chi connectivity index (χ3n) is 5.57. The van der Waals surface area contributed by atoms with Gasteiger partial charge in [-0.15, -0.1) is 0 Å². The van der Waals surface area contributed by atoms with Crippen LogP contribution in [0.15, 0.2) is 30.3 Å². The van der Waals surface area contributed by atoms with Gasteiger partial charge >= 0.3 is 12.0 Å². The van der Waals surface area contributed by atoms with Gasteiger partial charge in [0.15, 0.2) is 0 Å². The Kier molecular flexibility index (Phi) is 13.7. The van der Waals surface area contributed by atoms with Crippen LogP contribution in [0.5, 0.6) is 0 Å². The fraction of sp³-hybridized carbons (Fsp3) is 0.692. The highest BCUT2D eigenvalue weighted by Gasteiger charge is 2.25. The number of carboxylic acids is 1. The lowest BCUT2D eigenvalue weighted by Gasteiger charge is -2.31. The molecule has 1 aromatic carbocycles. The first-order valence-corrected chi connectivity index (χ1v) is 12.4. The van der Waals surface area contributed by atoms with Crippen molar-refractivity contribution < 1.29 is 19.2 Å². The highest BCUT2D eigenvalue weighted by Crippen LogP contribution is 2.17.